The Morgan fingerprint density at radius 3 is 2.67 bits per heavy atom. The number of benzene rings is 1. The van der Waals surface area contributed by atoms with Crippen LogP contribution >= 0.6 is 11.3 Å². The first-order chi connectivity index (χ1) is 8.69. The minimum atomic E-state index is -0.904. The summed E-state index contributed by atoms with van der Waals surface area (Å²) in [6.45, 7) is 0. The number of thiophene rings is 1. The second-order valence-corrected chi connectivity index (χ2v) is 5.46. The Bertz CT molecular complexity index is 637. The Kier molecular flexibility index (Phi) is 2.48. The van der Waals surface area contributed by atoms with E-state index in [0.717, 1.165) is 10.1 Å². The van der Waals surface area contributed by atoms with Gasteiger partial charge in [0, 0.05) is 21.0 Å². The van der Waals surface area contributed by atoms with Crippen LogP contribution in [0.1, 0.15) is 23.2 Å². The van der Waals surface area contributed by atoms with Gasteiger partial charge in [-0.05, 0) is 18.9 Å². The van der Waals surface area contributed by atoms with E-state index in [1.54, 1.807) is 0 Å². The Hall–Kier alpha value is -1.68. The summed E-state index contributed by atoms with van der Waals surface area (Å²) in [6, 6.07) is 7.75. The largest absolute Gasteiger partial charge is 0.468 e. The molecule has 3 rings (SSSR count). The fourth-order valence-corrected chi connectivity index (χ4v) is 3.20. The monoisotopic (exact) mass is 260 g/mol. The van der Waals surface area contributed by atoms with Crippen LogP contribution in [0.5, 0.6) is 0 Å². The molecule has 1 aromatic heterocycles. The molecule has 1 heterocycles. The zero-order valence-electron chi connectivity index (χ0n) is 9.93. The first-order valence-electron chi connectivity index (χ1n) is 5.78. The van der Waals surface area contributed by atoms with E-state index < -0.39 is 11.4 Å². The van der Waals surface area contributed by atoms with Crippen molar-refractivity contribution in [1.82, 2.24) is 0 Å². The molecular weight excluding hydrogens is 248 g/mol. The van der Waals surface area contributed by atoms with Crippen molar-refractivity contribution in [2.75, 3.05) is 7.11 Å². The lowest BCUT2D eigenvalue weighted by atomic mass is 9.94. The summed E-state index contributed by atoms with van der Waals surface area (Å²) >= 11 is 1.53. The Labute approximate surface area is 108 Å². The fraction of sp³-hybridized carbons (Fsp3) is 0.286. The molecule has 3 nitrogen and oxygen atoms in total. The predicted octanol–water partition coefficient (Wildman–Crippen LogP) is 3.04. The maximum absolute atomic E-state index is 12.5. The van der Waals surface area contributed by atoms with E-state index in [1.807, 2.05) is 29.6 Å². The number of carbonyl (C=O) groups excluding carboxylic acids is 2. The van der Waals surface area contributed by atoms with Gasteiger partial charge in [-0.2, -0.15) is 0 Å². The maximum Gasteiger partial charge on any atom is 0.319 e. The lowest BCUT2D eigenvalue weighted by molar-refractivity contribution is -0.145. The minimum Gasteiger partial charge on any atom is -0.468 e. The number of hydrogen-bond donors (Lipinski definition) is 0. The predicted molar refractivity (Wildman–Crippen MR) is 69.8 cm³/mol. The van der Waals surface area contributed by atoms with Gasteiger partial charge in [-0.25, -0.2) is 0 Å². The number of ketones is 1. The number of Topliss-reactive ketones (excluding diaryl/α,β-unsaturated/α-hetero) is 1. The van der Waals surface area contributed by atoms with Gasteiger partial charge in [0.2, 0.25) is 0 Å². The van der Waals surface area contributed by atoms with Crippen molar-refractivity contribution in [1.29, 1.82) is 0 Å². The van der Waals surface area contributed by atoms with Crippen molar-refractivity contribution in [3.63, 3.8) is 0 Å². The zero-order valence-corrected chi connectivity index (χ0v) is 10.8. The van der Waals surface area contributed by atoms with Crippen LogP contribution < -0.4 is 0 Å². The maximum atomic E-state index is 12.5. The summed E-state index contributed by atoms with van der Waals surface area (Å²) in [6.07, 6.45) is 1.20. The quantitative estimate of drug-likeness (QED) is 0.484. The topological polar surface area (TPSA) is 43.4 Å². The number of ether oxygens (including phenoxy) is 1. The third kappa shape index (κ3) is 1.49. The van der Waals surface area contributed by atoms with Gasteiger partial charge < -0.3 is 4.74 Å². The Morgan fingerprint density at radius 1 is 1.28 bits per heavy atom. The third-order valence-corrected chi connectivity index (χ3v) is 4.45. The summed E-state index contributed by atoms with van der Waals surface area (Å²) in [5, 5.41) is 2.78. The molecule has 1 saturated carbocycles. The first kappa shape index (κ1) is 11.4. The van der Waals surface area contributed by atoms with E-state index >= 15 is 0 Å². The number of rotatable bonds is 3. The third-order valence-electron chi connectivity index (χ3n) is 3.49. The summed E-state index contributed by atoms with van der Waals surface area (Å²) in [7, 11) is 1.33. The normalized spacial score (nSPS) is 16.5. The summed E-state index contributed by atoms with van der Waals surface area (Å²) in [4.78, 5) is 24.2. The van der Waals surface area contributed by atoms with Crippen molar-refractivity contribution in [3.8, 4) is 0 Å². The summed E-state index contributed by atoms with van der Waals surface area (Å²) < 4.78 is 5.82. The van der Waals surface area contributed by atoms with E-state index in [2.05, 4.69) is 0 Å². The van der Waals surface area contributed by atoms with E-state index in [-0.39, 0.29) is 5.78 Å². The van der Waals surface area contributed by atoms with Crippen LogP contribution in [0, 0.1) is 5.41 Å². The summed E-state index contributed by atoms with van der Waals surface area (Å²) in [5.41, 5.74) is -0.253. The van der Waals surface area contributed by atoms with Gasteiger partial charge in [0.1, 0.15) is 5.41 Å². The van der Waals surface area contributed by atoms with Gasteiger partial charge in [0.05, 0.1) is 7.11 Å². The average molecular weight is 260 g/mol. The molecule has 4 heteroatoms. The number of esters is 1. The average Bonchev–Trinajstić information content (AvgIpc) is 3.11. The van der Waals surface area contributed by atoms with E-state index in [0.29, 0.717) is 18.4 Å². The molecule has 0 bridgehead atoms. The highest BCUT2D eigenvalue weighted by molar-refractivity contribution is 7.17. The van der Waals surface area contributed by atoms with Gasteiger partial charge in [0.15, 0.2) is 5.78 Å². The van der Waals surface area contributed by atoms with Crippen molar-refractivity contribution >= 4 is 33.2 Å². The van der Waals surface area contributed by atoms with Gasteiger partial charge in [-0.15, -0.1) is 11.3 Å². The van der Waals surface area contributed by atoms with E-state index in [9.17, 15) is 9.59 Å². The molecule has 1 aliphatic rings. The second-order valence-electron chi connectivity index (χ2n) is 4.55. The minimum absolute atomic E-state index is 0.0909. The van der Waals surface area contributed by atoms with Crippen LogP contribution in [-0.2, 0) is 9.53 Å². The number of fused-ring (bicyclic) bond motifs is 1. The smallest absolute Gasteiger partial charge is 0.319 e. The fourth-order valence-electron chi connectivity index (χ4n) is 2.26. The molecule has 0 aliphatic heterocycles. The van der Waals surface area contributed by atoms with Crippen LogP contribution in [0.15, 0.2) is 29.6 Å². The summed E-state index contributed by atoms with van der Waals surface area (Å²) in [5.74, 6) is -0.491. The molecule has 2 aromatic rings. The van der Waals surface area contributed by atoms with E-state index in [1.165, 1.54) is 18.4 Å². The highest BCUT2D eigenvalue weighted by atomic mass is 32.1. The van der Waals surface area contributed by atoms with Gasteiger partial charge in [-0.3, -0.25) is 9.59 Å². The van der Waals surface area contributed by atoms with Crippen LogP contribution in [-0.4, -0.2) is 18.9 Å². The SMILES string of the molecule is COC(=O)C1(C(=O)c2csc3ccccc23)CC1. The second kappa shape index (κ2) is 3.92. The van der Waals surface area contributed by atoms with Crippen molar-refractivity contribution in [2.24, 2.45) is 5.41 Å². The van der Waals surface area contributed by atoms with Crippen molar-refractivity contribution < 1.29 is 14.3 Å². The zero-order chi connectivity index (χ0) is 12.8. The molecule has 0 spiro atoms. The molecular formula is C14H12O3S. The highest BCUT2D eigenvalue weighted by Gasteiger charge is 2.57. The molecule has 0 unspecified atom stereocenters. The van der Waals surface area contributed by atoms with Crippen LogP contribution in [0.2, 0.25) is 0 Å². The molecule has 0 radical (unpaired) electrons. The standard InChI is InChI=1S/C14H12O3S/c1-17-13(16)14(6-7-14)12(15)10-8-18-11-5-3-2-4-9(10)11/h2-5,8H,6-7H2,1H3. The Balaban J connectivity index is 2.06. The molecule has 0 saturated heterocycles. The molecule has 0 atom stereocenters. The van der Waals surface area contributed by atoms with Gasteiger partial charge in [0.25, 0.3) is 0 Å². The van der Waals surface area contributed by atoms with Crippen LogP contribution in [0.4, 0.5) is 0 Å². The lowest BCUT2D eigenvalue weighted by Gasteiger charge is -2.10. The van der Waals surface area contributed by atoms with Crippen molar-refractivity contribution in [2.45, 2.75) is 12.8 Å². The molecule has 18 heavy (non-hydrogen) atoms. The van der Waals surface area contributed by atoms with Crippen LogP contribution in [0.3, 0.4) is 0 Å². The molecule has 92 valence electrons. The lowest BCUT2D eigenvalue weighted by Crippen LogP contribution is -2.27. The number of methoxy groups -OCH3 is 1. The van der Waals surface area contributed by atoms with Gasteiger partial charge in [-0.1, -0.05) is 18.2 Å². The first-order valence-corrected chi connectivity index (χ1v) is 6.66. The number of hydrogen-bond acceptors (Lipinski definition) is 4. The molecule has 0 amide bonds. The molecule has 1 fully saturated rings. The number of carbonyl (C=O) groups is 2. The van der Waals surface area contributed by atoms with Crippen LogP contribution in [0.25, 0.3) is 10.1 Å². The molecule has 1 aliphatic carbocycles. The highest BCUT2D eigenvalue weighted by Crippen LogP contribution is 2.50. The Morgan fingerprint density at radius 2 is 2.00 bits per heavy atom. The van der Waals surface area contributed by atoms with Gasteiger partial charge >= 0.3 is 5.97 Å². The molecule has 0 N–H and O–H groups in total. The van der Waals surface area contributed by atoms with E-state index in [4.69, 9.17) is 4.74 Å². The van der Waals surface area contributed by atoms with Crippen molar-refractivity contribution in [3.05, 3.63) is 35.2 Å². The molecule has 1 aromatic carbocycles.